The molecule has 0 unspecified atom stereocenters. The summed E-state index contributed by atoms with van der Waals surface area (Å²) < 4.78 is 65.3. The molecule has 0 atom stereocenters. The van der Waals surface area contributed by atoms with Crippen LogP contribution in [0.25, 0.3) is 28.2 Å². The molecule has 2 N–H and O–H groups in total. The average Bonchev–Trinajstić information content (AvgIpc) is 3.41. The van der Waals surface area contributed by atoms with E-state index >= 15 is 0 Å². The van der Waals surface area contributed by atoms with Crippen LogP contribution in [0, 0.1) is 0 Å². The number of halogens is 3. The zero-order valence-electron chi connectivity index (χ0n) is 16.5. The molecule has 0 aliphatic carbocycles. The van der Waals surface area contributed by atoms with E-state index in [4.69, 9.17) is 5.14 Å². The van der Waals surface area contributed by atoms with Crippen LogP contribution in [0.5, 0.6) is 0 Å². The van der Waals surface area contributed by atoms with E-state index in [0.29, 0.717) is 5.56 Å². The maximum absolute atomic E-state index is 13.7. The van der Waals surface area contributed by atoms with E-state index in [9.17, 15) is 21.6 Å². The van der Waals surface area contributed by atoms with Crippen molar-refractivity contribution in [2.24, 2.45) is 5.14 Å². The van der Waals surface area contributed by atoms with Crippen LogP contribution in [0.15, 0.2) is 58.5 Å². The molecule has 0 amide bonds. The molecule has 0 aliphatic rings. The predicted octanol–water partition coefficient (Wildman–Crippen LogP) is 4.29. The Morgan fingerprint density at radius 3 is 2.25 bits per heavy atom. The molecule has 0 radical (unpaired) electrons. The first-order valence-corrected chi connectivity index (χ1v) is 11.8. The maximum atomic E-state index is 13.7. The summed E-state index contributed by atoms with van der Waals surface area (Å²) >= 11 is 1.44. The molecule has 4 rings (SSSR count). The molecule has 0 fully saturated rings. The summed E-state index contributed by atoms with van der Waals surface area (Å²) in [5.74, 6) is 0. The van der Waals surface area contributed by atoms with E-state index in [1.54, 1.807) is 36.7 Å². The van der Waals surface area contributed by atoms with Gasteiger partial charge in [0.25, 0.3) is 10.0 Å². The Morgan fingerprint density at radius 2 is 1.75 bits per heavy atom. The molecular weight excluding hydrogens is 463 g/mol. The molecule has 32 heavy (non-hydrogen) atoms. The number of nitrogens with zero attached hydrogens (tertiary/aromatic N) is 4. The monoisotopic (exact) mass is 479 g/mol. The molecule has 3 heterocycles. The lowest BCUT2D eigenvalue weighted by molar-refractivity contribution is -0.141. The van der Waals surface area contributed by atoms with Crippen LogP contribution in [-0.4, -0.2) is 28.2 Å². The number of pyridine rings is 1. The summed E-state index contributed by atoms with van der Waals surface area (Å²) in [4.78, 5) is 8.01. The van der Waals surface area contributed by atoms with Gasteiger partial charge in [-0.1, -0.05) is 31.2 Å². The zero-order chi connectivity index (χ0) is 23.1. The van der Waals surface area contributed by atoms with E-state index in [1.807, 2.05) is 5.38 Å². The third-order valence-electron chi connectivity index (χ3n) is 4.75. The molecule has 0 spiro atoms. The van der Waals surface area contributed by atoms with Gasteiger partial charge in [0.2, 0.25) is 0 Å². The van der Waals surface area contributed by atoms with E-state index in [1.165, 1.54) is 17.4 Å². The van der Waals surface area contributed by atoms with Crippen molar-refractivity contribution in [2.75, 3.05) is 0 Å². The van der Waals surface area contributed by atoms with Crippen LogP contribution >= 0.6 is 11.3 Å². The summed E-state index contributed by atoms with van der Waals surface area (Å²) in [5, 5.41) is 10.4. The number of hydrogen-bond donors (Lipinski definition) is 1. The minimum absolute atomic E-state index is 0.0226. The van der Waals surface area contributed by atoms with E-state index in [-0.39, 0.29) is 23.4 Å². The normalized spacial score (nSPS) is 12.3. The minimum Gasteiger partial charge on any atom is -0.245 e. The fourth-order valence-electron chi connectivity index (χ4n) is 3.32. The Bertz CT molecular complexity index is 1350. The molecule has 12 heteroatoms. The van der Waals surface area contributed by atoms with Crippen molar-refractivity contribution < 1.29 is 21.6 Å². The second kappa shape index (κ2) is 8.11. The van der Waals surface area contributed by atoms with Crippen molar-refractivity contribution in [2.45, 2.75) is 24.5 Å². The zero-order valence-corrected chi connectivity index (χ0v) is 18.2. The molecule has 0 aliphatic heterocycles. The number of aromatic nitrogens is 4. The Hall–Kier alpha value is -3.09. The summed E-state index contributed by atoms with van der Waals surface area (Å²) in [6, 6.07) is 9.39. The molecule has 1 aromatic carbocycles. The number of rotatable bonds is 5. The van der Waals surface area contributed by atoms with Gasteiger partial charge in [0, 0.05) is 22.1 Å². The van der Waals surface area contributed by atoms with Gasteiger partial charge in [-0.25, -0.2) is 28.2 Å². The molecule has 4 aromatic rings. The molecule has 166 valence electrons. The SMILES string of the molecule is CCc1c(C(F)(F)F)nn(-c2ccc(S(N)(=O)=O)nc2)c1-c1ccc(-c2cscn2)cc1. The van der Waals surface area contributed by atoms with Crippen molar-refractivity contribution in [1.82, 2.24) is 19.7 Å². The van der Waals surface area contributed by atoms with Gasteiger partial charge in [0.05, 0.1) is 28.8 Å². The summed E-state index contributed by atoms with van der Waals surface area (Å²) in [7, 11) is -4.05. The van der Waals surface area contributed by atoms with Crippen LogP contribution in [0.3, 0.4) is 0 Å². The van der Waals surface area contributed by atoms with Crippen molar-refractivity contribution in [3.63, 3.8) is 0 Å². The van der Waals surface area contributed by atoms with Gasteiger partial charge in [-0.2, -0.15) is 18.3 Å². The van der Waals surface area contributed by atoms with Crippen LogP contribution in [0.1, 0.15) is 18.2 Å². The van der Waals surface area contributed by atoms with Crippen LogP contribution in [0.2, 0.25) is 0 Å². The van der Waals surface area contributed by atoms with Gasteiger partial charge in [-0.05, 0) is 18.6 Å². The highest BCUT2D eigenvalue weighted by Gasteiger charge is 2.39. The van der Waals surface area contributed by atoms with E-state index in [2.05, 4.69) is 15.1 Å². The number of alkyl halides is 3. The largest absolute Gasteiger partial charge is 0.435 e. The summed E-state index contributed by atoms with van der Waals surface area (Å²) in [6.45, 7) is 1.62. The lowest BCUT2D eigenvalue weighted by Gasteiger charge is -2.10. The number of primary sulfonamides is 1. The molecule has 7 nitrogen and oxygen atoms in total. The molecule has 0 bridgehead atoms. The molecule has 0 saturated carbocycles. The second-order valence-corrected chi connectivity index (χ2v) is 9.02. The van der Waals surface area contributed by atoms with Gasteiger partial charge >= 0.3 is 6.18 Å². The Morgan fingerprint density at radius 1 is 1.06 bits per heavy atom. The first-order valence-electron chi connectivity index (χ1n) is 9.27. The lowest BCUT2D eigenvalue weighted by Crippen LogP contribution is -2.14. The topological polar surface area (TPSA) is 104 Å². The highest BCUT2D eigenvalue weighted by Crippen LogP contribution is 2.38. The molecular formula is C20H16F3N5O2S2. The fraction of sp³-hybridized carbons (Fsp3) is 0.150. The van der Waals surface area contributed by atoms with Gasteiger partial charge in [0.15, 0.2) is 10.7 Å². The van der Waals surface area contributed by atoms with Gasteiger partial charge in [0.1, 0.15) is 0 Å². The molecule has 3 aromatic heterocycles. The van der Waals surface area contributed by atoms with Crippen LogP contribution in [0.4, 0.5) is 13.2 Å². The van der Waals surface area contributed by atoms with Crippen LogP contribution in [-0.2, 0) is 22.6 Å². The highest BCUT2D eigenvalue weighted by molar-refractivity contribution is 7.89. The smallest absolute Gasteiger partial charge is 0.245 e. The minimum atomic E-state index is -4.67. The maximum Gasteiger partial charge on any atom is 0.435 e. The van der Waals surface area contributed by atoms with Crippen LogP contribution < -0.4 is 5.14 Å². The predicted molar refractivity (Wildman–Crippen MR) is 114 cm³/mol. The van der Waals surface area contributed by atoms with Crippen molar-refractivity contribution in [1.29, 1.82) is 0 Å². The quantitative estimate of drug-likeness (QED) is 0.460. The Balaban J connectivity index is 1.89. The van der Waals surface area contributed by atoms with E-state index in [0.717, 1.165) is 28.2 Å². The standard InChI is InChI=1S/C20H16F3N5O2S2/c1-2-15-18(13-5-3-12(4-6-13)16-10-31-11-26-16)28(27-19(15)20(21,22)23)14-7-8-17(25-9-14)32(24,29)30/h3-11H,2H2,1H3,(H2,24,29,30). The van der Waals surface area contributed by atoms with E-state index < -0.39 is 26.9 Å². The van der Waals surface area contributed by atoms with Gasteiger partial charge < -0.3 is 0 Å². The van der Waals surface area contributed by atoms with Crippen molar-refractivity contribution >= 4 is 21.4 Å². The third-order valence-corrected chi connectivity index (χ3v) is 6.16. The summed E-state index contributed by atoms with van der Waals surface area (Å²) in [5.41, 5.74) is 3.24. The van der Waals surface area contributed by atoms with Crippen molar-refractivity contribution in [3.8, 4) is 28.2 Å². The second-order valence-electron chi connectivity index (χ2n) is 6.79. The Kier molecular flexibility index (Phi) is 5.61. The number of hydrogen-bond acceptors (Lipinski definition) is 6. The first-order chi connectivity index (χ1) is 15.1. The Labute approximate surface area is 185 Å². The van der Waals surface area contributed by atoms with Gasteiger partial charge in [-0.15, -0.1) is 11.3 Å². The average molecular weight is 480 g/mol. The number of nitrogens with two attached hydrogens (primary N) is 1. The summed E-state index contributed by atoms with van der Waals surface area (Å²) in [6.07, 6.45) is -3.46. The van der Waals surface area contributed by atoms with Gasteiger partial charge in [-0.3, -0.25) is 0 Å². The number of sulfonamides is 1. The van der Waals surface area contributed by atoms with Crippen molar-refractivity contribution in [3.05, 3.63) is 64.7 Å². The number of benzene rings is 1. The highest BCUT2D eigenvalue weighted by atomic mass is 32.2. The number of thiazole rings is 1. The lowest BCUT2D eigenvalue weighted by atomic mass is 10.0. The third kappa shape index (κ3) is 4.16. The fourth-order valence-corrected chi connectivity index (χ4v) is 4.33. The first kappa shape index (κ1) is 22.1. The molecule has 0 saturated heterocycles.